The number of aromatic nitrogens is 2. The molecule has 2 aromatic rings. The van der Waals surface area contributed by atoms with Gasteiger partial charge in [-0.2, -0.15) is 0 Å². The fourth-order valence-electron chi connectivity index (χ4n) is 1.77. The van der Waals surface area contributed by atoms with Crippen LogP contribution in [0.5, 0.6) is 5.75 Å². The van der Waals surface area contributed by atoms with Gasteiger partial charge in [-0.25, -0.2) is 9.37 Å². The second-order valence-electron chi connectivity index (χ2n) is 3.92. The number of halogens is 1. The van der Waals surface area contributed by atoms with Crippen LogP contribution in [0.2, 0.25) is 0 Å². The van der Waals surface area contributed by atoms with Crippen LogP contribution < -0.4 is 10.1 Å². The predicted molar refractivity (Wildman–Crippen MR) is 69.0 cm³/mol. The lowest BCUT2D eigenvalue weighted by molar-refractivity contribution is 0.413. The second kappa shape index (κ2) is 5.08. The van der Waals surface area contributed by atoms with E-state index in [9.17, 15) is 4.39 Å². The summed E-state index contributed by atoms with van der Waals surface area (Å²) in [5, 5.41) is 3.10. The molecule has 0 aliphatic heterocycles. The lowest BCUT2D eigenvalue weighted by atomic mass is 10.3. The third kappa shape index (κ3) is 2.30. The van der Waals surface area contributed by atoms with Crippen LogP contribution in [0.3, 0.4) is 0 Å². The highest BCUT2D eigenvalue weighted by molar-refractivity contribution is 5.47. The number of hydrogen-bond acceptors (Lipinski definition) is 3. The molecule has 0 unspecified atom stereocenters. The number of aryl methyl sites for hydroxylation is 1. The summed E-state index contributed by atoms with van der Waals surface area (Å²) in [6.45, 7) is 4.56. The Bertz CT molecular complexity index is 551. The summed E-state index contributed by atoms with van der Waals surface area (Å²) >= 11 is 0. The van der Waals surface area contributed by atoms with E-state index in [0.717, 1.165) is 12.2 Å². The maximum atomic E-state index is 13.9. The van der Waals surface area contributed by atoms with Gasteiger partial charge in [-0.3, -0.25) is 4.57 Å². The summed E-state index contributed by atoms with van der Waals surface area (Å²) in [6.07, 6.45) is 1.79. The molecule has 0 spiro atoms. The van der Waals surface area contributed by atoms with Gasteiger partial charge in [-0.05, 0) is 26.0 Å². The molecule has 1 N–H and O–H groups in total. The number of nitrogens with one attached hydrogen (secondary N) is 1. The lowest BCUT2D eigenvalue weighted by Crippen LogP contribution is -2.06. The Morgan fingerprint density at radius 3 is 2.89 bits per heavy atom. The van der Waals surface area contributed by atoms with Gasteiger partial charge in [0.1, 0.15) is 11.6 Å². The minimum atomic E-state index is -0.313. The maximum absolute atomic E-state index is 13.9. The van der Waals surface area contributed by atoms with Crippen molar-refractivity contribution in [2.45, 2.75) is 13.8 Å². The van der Waals surface area contributed by atoms with E-state index in [1.54, 1.807) is 30.0 Å². The molecule has 0 atom stereocenters. The molecule has 0 fully saturated rings. The number of hydrogen-bond donors (Lipinski definition) is 1. The van der Waals surface area contributed by atoms with Gasteiger partial charge in [-0.15, -0.1) is 0 Å². The molecule has 1 heterocycles. The van der Waals surface area contributed by atoms with Crippen LogP contribution in [0.15, 0.2) is 24.4 Å². The second-order valence-corrected chi connectivity index (χ2v) is 3.92. The van der Waals surface area contributed by atoms with Crippen molar-refractivity contribution < 1.29 is 9.13 Å². The number of anilines is 1. The summed E-state index contributed by atoms with van der Waals surface area (Å²) in [7, 11) is 1.56. The van der Waals surface area contributed by atoms with Crippen LogP contribution in [0.4, 0.5) is 10.3 Å². The number of ether oxygens (including phenoxy) is 1. The van der Waals surface area contributed by atoms with Gasteiger partial charge in [0.25, 0.3) is 0 Å². The molecule has 0 bridgehead atoms. The first kappa shape index (κ1) is 12.4. The van der Waals surface area contributed by atoms with Gasteiger partial charge in [0.05, 0.1) is 18.5 Å². The average Bonchev–Trinajstić information content (AvgIpc) is 2.71. The highest BCUT2D eigenvalue weighted by atomic mass is 19.1. The summed E-state index contributed by atoms with van der Waals surface area (Å²) in [4.78, 5) is 4.32. The molecule has 0 radical (unpaired) electrons. The molecule has 1 aromatic carbocycles. The van der Waals surface area contributed by atoms with E-state index in [1.165, 1.54) is 6.07 Å². The number of methoxy groups -OCH3 is 1. The first-order valence-electron chi connectivity index (χ1n) is 5.79. The molecule has 2 rings (SSSR count). The first-order valence-corrected chi connectivity index (χ1v) is 5.79. The van der Waals surface area contributed by atoms with Crippen molar-refractivity contribution in [3.8, 4) is 11.4 Å². The predicted octanol–water partition coefficient (Wildman–Crippen LogP) is 2.76. The molecule has 0 saturated carbocycles. The monoisotopic (exact) mass is 249 g/mol. The molecule has 18 heavy (non-hydrogen) atoms. The highest BCUT2D eigenvalue weighted by Crippen LogP contribution is 2.23. The van der Waals surface area contributed by atoms with Gasteiger partial charge in [0.15, 0.2) is 0 Å². The average molecular weight is 249 g/mol. The van der Waals surface area contributed by atoms with Crippen molar-refractivity contribution in [2.24, 2.45) is 0 Å². The first-order chi connectivity index (χ1) is 8.65. The zero-order valence-corrected chi connectivity index (χ0v) is 10.7. The molecule has 0 amide bonds. The van der Waals surface area contributed by atoms with Crippen LogP contribution in [0, 0.1) is 12.7 Å². The Morgan fingerprint density at radius 1 is 1.44 bits per heavy atom. The van der Waals surface area contributed by atoms with E-state index in [4.69, 9.17) is 4.74 Å². The fourth-order valence-corrected chi connectivity index (χ4v) is 1.77. The normalized spacial score (nSPS) is 10.4. The van der Waals surface area contributed by atoms with Gasteiger partial charge in [-0.1, -0.05) is 0 Å². The molecule has 4 nitrogen and oxygen atoms in total. The fraction of sp³-hybridized carbons (Fsp3) is 0.308. The third-order valence-electron chi connectivity index (χ3n) is 2.57. The van der Waals surface area contributed by atoms with Crippen molar-refractivity contribution in [1.29, 1.82) is 0 Å². The summed E-state index contributed by atoms with van der Waals surface area (Å²) < 4.78 is 20.7. The van der Waals surface area contributed by atoms with Gasteiger partial charge in [0.2, 0.25) is 5.95 Å². The summed E-state index contributed by atoms with van der Waals surface area (Å²) in [5.41, 5.74) is 1.25. The molecule has 1 aromatic heterocycles. The smallest absolute Gasteiger partial charge is 0.207 e. The molecule has 5 heteroatoms. The molecule has 0 aliphatic rings. The van der Waals surface area contributed by atoms with Gasteiger partial charge < -0.3 is 10.1 Å². The van der Waals surface area contributed by atoms with Crippen LogP contribution in [-0.4, -0.2) is 23.2 Å². The van der Waals surface area contributed by atoms with Gasteiger partial charge in [0, 0.05) is 18.8 Å². The number of imidazole rings is 1. The van der Waals surface area contributed by atoms with Crippen molar-refractivity contribution >= 4 is 5.95 Å². The minimum Gasteiger partial charge on any atom is -0.497 e. The van der Waals surface area contributed by atoms with Crippen LogP contribution >= 0.6 is 0 Å². The van der Waals surface area contributed by atoms with E-state index < -0.39 is 0 Å². The van der Waals surface area contributed by atoms with E-state index in [-0.39, 0.29) is 5.82 Å². The van der Waals surface area contributed by atoms with E-state index in [0.29, 0.717) is 17.4 Å². The van der Waals surface area contributed by atoms with Crippen LogP contribution in [0.1, 0.15) is 12.6 Å². The van der Waals surface area contributed by atoms with Crippen molar-refractivity contribution in [3.63, 3.8) is 0 Å². The topological polar surface area (TPSA) is 39.1 Å². The van der Waals surface area contributed by atoms with Gasteiger partial charge >= 0.3 is 0 Å². The molecular formula is C13H16FN3O. The van der Waals surface area contributed by atoms with E-state index in [1.807, 2.05) is 13.8 Å². The Hall–Kier alpha value is -2.04. The summed E-state index contributed by atoms with van der Waals surface area (Å²) in [5.74, 6) is 0.926. The van der Waals surface area contributed by atoms with Crippen molar-refractivity contribution in [2.75, 3.05) is 19.0 Å². The zero-order valence-electron chi connectivity index (χ0n) is 10.7. The Balaban J connectivity index is 2.53. The van der Waals surface area contributed by atoms with Crippen LogP contribution in [0.25, 0.3) is 5.69 Å². The van der Waals surface area contributed by atoms with E-state index >= 15 is 0 Å². The molecule has 0 aliphatic carbocycles. The number of rotatable bonds is 4. The Labute approximate surface area is 105 Å². The highest BCUT2D eigenvalue weighted by Gasteiger charge is 2.11. The van der Waals surface area contributed by atoms with Crippen molar-refractivity contribution in [3.05, 3.63) is 35.9 Å². The SMILES string of the molecule is CCNc1nc(C)cn1-c1cc(OC)ccc1F. The Morgan fingerprint density at radius 2 is 2.22 bits per heavy atom. The lowest BCUT2D eigenvalue weighted by Gasteiger charge is -2.10. The maximum Gasteiger partial charge on any atom is 0.207 e. The quantitative estimate of drug-likeness (QED) is 0.905. The standard InChI is InChI=1S/C13H16FN3O/c1-4-15-13-16-9(2)8-17(13)12-7-10(18-3)5-6-11(12)14/h5-8H,4H2,1-3H3,(H,15,16). The minimum absolute atomic E-state index is 0.313. The van der Waals surface area contributed by atoms with E-state index in [2.05, 4.69) is 10.3 Å². The summed E-state index contributed by atoms with van der Waals surface area (Å²) in [6, 6.07) is 4.63. The van der Waals surface area contributed by atoms with Crippen LogP contribution in [-0.2, 0) is 0 Å². The largest absolute Gasteiger partial charge is 0.497 e. The molecular weight excluding hydrogens is 233 g/mol. The third-order valence-corrected chi connectivity index (χ3v) is 2.57. The molecule has 96 valence electrons. The Kier molecular flexibility index (Phi) is 3.50. The number of benzene rings is 1. The zero-order chi connectivity index (χ0) is 13.1. The van der Waals surface area contributed by atoms with Crippen molar-refractivity contribution in [1.82, 2.24) is 9.55 Å². The number of nitrogens with zero attached hydrogens (tertiary/aromatic N) is 2. The molecule has 0 saturated heterocycles.